The van der Waals surface area contributed by atoms with E-state index in [1.165, 1.54) is 56.8 Å². The average molecular weight is 436 g/mol. The molecule has 4 rings (SSSR count). The van der Waals surface area contributed by atoms with Crippen LogP contribution in [0.4, 0.5) is 5.69 Å². The Labute approximate surface area is 178 Å². The predicted octanol–water partition coefficient (Wildman–Crippen LogP) is 3.81. The van der Waals surface area contributed by atoms with Crippen LogP contribution in [-0.2, 0) is 14.3 Å². The van der Waals surface area contributed by atoms with E-state index in [-0.39, 0.29) is 23.0 Å². The predicted molar refractivity (Wildman–Crippen MR) is 114 cm³/mol. The summed E-state index contributed by atoms with van der Waals surface area (Å²) < 4.78 is 9.86. The van der Waals surface area contributed by atoms with Gasteiger partial charge in [0.05, 0.1) is 29.4 Å². The maximum Gasteiger partial charge on any atom is 0.337 e. The lowest BCUT2D eigenvalue weighted by Gasteiger charge is -2.42. The molecule has 29 heavy (non-hydrogen) atoms. The molecular weight excluding hydrogens is 410 g/mol. The number of carbonyl (C=O) groups is 3. The summed E-state index contributed by atoms with van der Waals surface area (Å²) in [6, 6.07) is 4.49. The monoisotopic (exact) mass is 435 g/mol. The Kier molecular flexibility index (Phi) is 5.84. The Morgan fingerprint density at radius 2 is 1.45 bits per heavy atom. The number of amides is 1. The molecule has 3 aliphatic rings. The molecule has 1 amide bonds. The molecule has 2 saturated carbocycles. The first kappa shape index (κ1) is 20.6. The van der Waals surface area contributed by atoms with Crippen LogP contribution in [0.1, 0.15) is 46.4 Å². The van der Waals surface area contributed by atoms with Crippen molar-refractivity contribution in [1.29, 1.82) is 0 Å². The fraction of sp³-hybridized carbons (Fsp3) is 0.571. The third-order valence-corrected chi connectivity index (χ3v) is 10.3. The van der Waals surface area contributed by atoms with E-state index in [4.69, 9.17) is 9.47 Å². The normalized spacial score (nSPS) is 26.9. The zero-order valence-corrected chi connectivity index (χ0v) is 18.2. The fourth-order valence-electron chi connectivity index (χ4n) is 5.03. The minimum Gasteiger partial charge on any atom is -0.465 e. The van der Waals surface area contributed by atoms with Crippen LogP contribution in [0.15, 0.2) is 18.2 Å². The van der Waals surface area contributed by atoms with Crippen LogP contribution in [0, 0.1) is 17.8 Å². The summed E-state index contributed by atoms with van der Waals surface area (Å²) in [5, 5.41) is 2.93. The summed E-state index contributed by atoms with van der Waals surface area (Å²) in [5.41, 5.74) is 0.815. The molecule has 0 radical (unpaired) electrons. The minimum absolute atomic E-state index is 0.0386. The number of anilines is 1. The second-order valence-corrected chi connectivity index (χ2v) is 10.8. The van der Waals surface area contributed by atoms with Crippen molar-refractivity contribution in [3.63, 3.8) is 0 Å². The maximum atomic E-state index is 13.0. The number of hydrogen-bond donors (Lipinski definition) is 1. The molecule has 1 heterocycles. The number of carbonyl (C=O) groups excluding carboxylic acids is 3. The number of benzene rings is 1. The first-order chi connectivity index (χ1) is 14.0. The van der Waals surface area contributed by atoms with E-state index in [9.17, 15) is 14.4 Å². The van der Waals surface area contributed by atoms with Gasteiger partial charge in [0.1, 0.15) is 0 Å². The molecule has 2 aliphatic carbocycles. The van der Waals surface area contributed by atoms with Crippen molar-refractivity contribution in [1.82, 2.24) is 0 Å². The molecule has 6 nitrogen and oxygen atoms in total. The number of hydrogen-bond acceptors (Lipinski definition) is 7. The molecule has 2 bridgehead atoms. The third-order valence-electron chi connectivity index (χ3n) is 6.29. The highest BCUT2D eigenvalue weighted by molar-refractivity contribution is 8.21. The van der Waals surface area contributed by atoms with Crippen LogP contribution < -0.4 is 5.32 Å². The van der Waals surface area contributed by atoms with Crippen LogP contribution in [0.2, 0.25) is 0 Å². The first-order valence-electron chi connectivity index (χ1n) is 9.87. The second kappa shape index (κ2) is 8.22. The van der Waals surface area contributed by atoms with E-state index in [2.05, 4.69) is 28.8 Å². The van der Waals surface area contributed by atoms with Gasteiger partial charge < -0.3 is 14.8 Å². The zero-order chi connectivity index (χ0) is 20.6. The maximum absolute atomic E-state index is 13.0. The van der Waals surface area contributed by atoms with Gasteiger partial charge in [-0.25, -0.2) is 9.59 Å². The zero-order valence-electron chi connectivity index (χ0n) is 16.6. The summed E-state index contributed by atoms with van der Waals surface area (Å²) >= 11 is 4.21. The molecular formula is C21H25NO5S2. The summed E-state index contributed by atoms with van der Waals surface area (Å²) in [6.45, 7) is 0. The highest BCUT2D eigenvalue weighted by Gasteiger charge is 2.57. The summed E-state index contributed by atoms with van der Waals surface area (Å²) in [5.74, 6) is 2.38. The Hall–Kier alpha value is -1.67. The van der Waals surface area contributed by atoms with Crippen molar-refractivity contribution >= 4 is 47.1 Å². The molecule has 1 aromatic carbocycles. The van der Waals surface area contributed by atoms with E-state index >= 15 is 0 Å². The number of rotatable bonds is 4. The van der Waals surface area contributed by atoms with Crippen LogP contribution in [0.25, 0.3) is 0 Å². The van der Waals surface area contributed by atoms with Crippen molar-refractivity contribution in [3.8, 4) is 0 Å². The fourth-order valence-corrected chi connectivity index (χ4v) is 8.97. The van der Waals surface area contributed by atoms with E-state index in [1.54, 1.807) is 0 Å². The molecule has 2 atom stereocenters. The lowest BCUT2D eigenvalue weighted by Crippen LogP contribution is -2.41. The quantitative estimate of drug-likeness (QED) is 0.720. The number of ether oxygens (including phenoxy) is 2. The number of methoxy groups -OCH3 is 2. The number of thioether (sulfide) groups is 2. The van der Waals surface area contributed by atoms with Gasteiger partial charge in [-0.05, 0) is 55.7 Å². The van der Waals surface area contributed by atoms with Crippen LogP contribution in [0.3, 0.4) is 0 Å². The lowest BCUT2D eigenvalue weighted by atomic mass is 9.79. The van der Waals surface area contributed by atoms with Gasteiger partial charge in [0.15, 0.2) is 0 Å². The van der Waals surface area contributed by atoms with Gasteiger partial charge in [0, 0.05) is 23.1 Å². The van der Waals surface area contributed by atoms with E-state index in [0.717, 1.165) is 12.8 Å². The molecule has 1 aliphatic heterocycles. The lowest BCUT2D eigenvalue weighted by molar-refractivity contribution is -0.121. The highest BCUT2D eigenvalue weighted by Crippen LogP contribution is 2.65. The van der Waals surface area contributed by atoms with Crippen molar-refractivity contribution in [2.24, 2.45) is 17.8 Å². The van der Waals surface area contributed by atoms with Crippen LogP contribution in [0.5, 0.6) is 0 Å². The molecule has 2 unspecified atom stereocenters. The van der Waals surface area contributed by atoms with Gasteiger partial charge in [-0.1, -0.05) is 0 Å². The smallest absolute Gasteiger partial charge is 0.337 e. The Bertz CT molecular complexity index is 786. The van der Waals surface area contributed by atoms with Gasteiger partial charge in [-0.2, -0.15) is 0 Å². The SMILES string of the molecule is COC(=O)c1cc(NC(=O)C2CC3CCC(C2)C32SCCS2)cc(C(=O)OC)c1. The van der Waals surface area contributed by atoms with Gasteiger partial charge >= 0.3 is 11.9 Å². The van der Waals surface area contributed by atoms with Crippen molar-refractivity contribution in [2.75, 3.05) is 31.0 Å². The Morgan fingerprint density at radius 3 is 1.93 bits per heavy atom. The molecule has 1 saturated heterocycles. The van der Waals surface area contributed by atoms with Crippen LogP contribution >= 0.6 is 23.5 Å². The molecule has 8 heteroatoms. The van der Waals surface area contributed by atoms with Gasteiger partial charge in [0.25, 0.3) is 0 Å². The summed E-state index contributed by atoms with van der Waals surface area (Å²) in [6.07, 6.45) is 4.23. The van der Waals surface area contributed by atoms with E-state index in [0.29, 0.717) is 21.6 Å². The largest absolute Gasteiger partial charge is 0.465 e. The van der Waals surface area contributed by atoms with Crippen LogP contribution in [-0.4, -0.2) is 47.7 Å². The van der Waals surface area contributed by atoms with Gasteiger partial charge in [-0.3, -0.25) is 4.79 Å². The van der Waals surface area contributed by atoms with Crippen molar-refractivity contribution < 1.29 is 23.9 Å². The van der Waals surface area contributed by atoms with Gasteiger partial charge in [0.2, 0.25) is 5.91 Å². The minimum atomic E-state index is -0.570. The molecule has 1 spiro atoms. The average Bonchev–Trinajstić information content (AvgIpc) is 3.27. The molecule has 1 N–H and O–H groups in total. The summed E-state index contributed by atoms with van der Waals surface area (Å²) in [7, 11) is 2.55. The van der Waals surface area contributed by atoms with Crippen molar-refractivity contribution in [3.05, 3.63) is 29.3 Å². The standard InChI is InChI=1S/C21H25NO5S2/c1-26-19(24)13-7-14(20(25)27-2)11-17(10-13)22-18(23)12-8-15-3-4-16(9-12)21(15)28-5-6-29-21/h7,10-12,15-16H,3-6,8-9H2,1-2H3,(H,22,23). The molecule has 156 valence electrons. The Morgan fingerprint density at radius 1 is 0.931 bits per heavy atom. The van der Waals surface area contributed by atoms with Gasteiger partial charge in [-0.15, -0.1) is 23.5 Å². The third kappa shape index (κ3) is 3.77. The highest BCUT2D eigenvalue weighted by atomic mass is 32.2. The van der Waals surface area contributed by atoms with E-state index in [1.807, 2.05) is 0 Å². The molecule has 0 aromatic heterocycles. The Balaban J connectivity index is 1.51. The molecule has 3 fully saturated rings. The second-order valence-electron chi connectivity index (χ2n) is 7.83. The number of nitrogens with one attached hydrogen (secondary N) is 1. The number of esters is 2. The topological polar surface area (TPSA) is 81.7 Å². The molecule has 1 aromatic rings. The van der Waals surface area contributed by atoms with Crippen molar-refractivity contribution in [2.45, 2.75) is 29.8 Å². The first-order valence-corrected chi connectivity index (χ1v) is 11.8. The van der Waals surface area contributed by atoms with E-state index < -0.39 is 11.9 Å². The summed E-state index contributed by atoms with van der Waals surface area (Å²) in [4.78, 5) is 37.0.